The summed E-state index contributed by atoms with van der Waals surface area (Å²) >= 11 is 0. The average molecular weight is 244 g/mol. The molecule has 1 aromatic rings. The van der Waals surface area contributed by atoms with Crippen molar-refractivity contribution in [1.29, 1.82) is 0 Å². The highest BCUT2D eigenvalue weighted by molar-refractivity contribution is 6.63. The Morgan fingerprint density at radius 2 is 1.72 bits per heavy atom. The monoisotopic (exact) mass is 244 g/mol. The van der Waals surface area contributed by atoms with Gasteiger partial charge in [0.15, 0.2) is 5.69 Å². The molecule has 94 valence electrons. The molecule has 5 heteroatoms. The van der Waals surface area contributed by atoms with Gasteiger partial charge in [-0.15, -0.1) is 0 Å². The van der Waals surface area contributed by atoms with E-state index in [9.17, 15) is 0 Å². The largest absolute Gasteiger partial charge is 0.496 e. The smallest absolute Gasteiger partial charge is 0.400 e. The lowest BCUT2D eigenvalue weighted by molar-refractivity contribution is 0.00578. The second kappa shape index (κ2) is 4.01. The molecule has 1 aromatic carbocycles. The summed E-state index contributed by atoms with van der Waals surface area (Å²) in [7, 11) is -0.477. The maximum absolute atomic E-state index is 6.95. The standard InChI is InChI=1S/C13H17BN2O2/c1-12(2)13(3,4)18-14(17-12)10-7-6-9(16-5)8-11(10)15/h6-8H,15H2,1-4H3. The molecule has 2 rings (SSSR count). The summed E-state index contributed by atoms with van der Waals surface area (Å²) in [6.07, 6.45) is 0. The third-order valence-electron chi connectivity index (χ3n) is 3.71. The number of nitrogens with zero attached hydrogens (tertiary/aromatic N) is 1. The minimum atomic E-state index is -0.477. The van der Waals surface area contributed by atoms with Gasteiger partial charge in [0.25, 0.3) is 0 Å². The predicted octanol–water partition coefficient (Wildman–Crippen LogP) is 2.12. The molecule has 1 fully saturated rings. The van der Waals surface area contributed by atoms with Crippen LogP contribution in [-0.4, -0.2) is 18.3 Å². The summed E-state index contributed by atoms with van der Waals surface area (Å²) in [6, 6.07) is 5.17. The molecule has 0 unspecified atom stereocenters. The summed E-state index contributed by atoms with van der Waals surface area (Å²) in [5, 5.41) is 0. The van der Waals surface area contributed by atoms with Crippen LogP contribution in [0.4, 0.5) is 11.4 Å². The van der Waals surface area contributed by atoms with Crippen LogP contribution in [0.1, 0.15) is 27.7 Å². The van der Waals surface area contributed by atoms with Crippen LogP contribution in [0.2, 0.25) is 0 Å². The summed E-state index contributed by atoms with van der Waals surface area (Å²) in [5.41, 5.74) is 7.01. The predicted molar refractivity (Wildman–Crippen MR) is 72.8 cm³/mol. The normalized spacial score (nSPS) is 20.7. The summed E-state index contributed by atoms with van der Waals surface area (Å²) in [5.74, 6) is 0. The fourth-order valence-corrected chi connectivity index (χ4v) is 1.82. The Morgan fingerprint density at radius 3 is 2.17 bits per heavy atom. The first kappa shape index (κ1) is 12.9. The molecule has 1 aliphatic heterocycles. The van der Waals surface area contributed by atoms with Gasteiger partial charge in [-0.05, 0) is 33.8 Å². The van der Waals surface area contributed by atoms with E-state index in [2.05, 4.69) is 4.85 Å². The summed E-state index contributed by atoms with van der Waals surface area (Å²) in [6.45, 7) is 14.9. The molecule has 0 atom stereocenters. The van der Waals surface area contributed by atoms with Crippen molar-refractivity contribution in [2.24, 2.45) is 0 Å². The zero-order chi connectivity index (χ0) is 13.6. The molecule has 2 N–H and O–H groups in total. The van der Waals surface area contributed by atoms with Crippen molar-refractivity contribution in [1.82, 2.24) is 0 Å². The lowest BCUT2D eigenvalue weighted by Crippen LogP contribution is -2.41. The molecular formula is C13H17BN2O2. The molecule has 0 aromatic heterocycles. The Balaban J connectivity index is 2.33. The highest BCUT2D eigenvalue weighted by atomic mass is 16.7. The molecule has 1 aliphatic rings. The number of rotatable bonds is 1. The number of nitrogens with two attached hydrogens (primary N) is 1. The van der Waals surface area contributed by atoms with E-state index in [1.807, 2.05) is 27.7 Å². The van der Waals surface area contributed by atoms with Crippen molar-refractivity contribution in [2.75, 3.05) is 5.73 Å². The average Bonchev–Trinajstić information content (AvgIpc) is 2.47. The lowest BCUT2D eigenvalue weighted by atomic mass is 9.78. The maximum atomic E-state index is 6.95. The van der Waals surface area contributed by atoms with E-state index in [1.54, 1.807) is 18.2 Å². The van der Waals surface area contributed by atoms with Gasteiger partial charge in [0, 0.05) is 11.2 Å². The lowest BCUT2D eigenvalue weighted by Gasteiger charge is -2.32. The molecule has 4 nitrogen and oxygen atoms in total. The molecule has 0 saturated carbocycles. The molecule has 0 bridgehead atoms. The number of benzene rings is 1. The zero-order valence-electron chi connectivity index (χ0n) is 11.2. The van der Waals surface area contributed by atoms with Crippen molar-refractivity contribution in [3.05, 3.63) is 29.6 Å². The van der Waals surface area contributed by atoms with Gasteiger partial charge < -0.3 is 15.0 Å². The van der Waals surface area contributed by atoms with Gasteiger partial charge in [-0.2, -0.15) is 0 Å². The molecule has 0 radical (unpaired) electrons. The zero-order valence-corrected chi connectivity index (χ0v) is 11.2. The summed E-state index contributed by atoms with van der Waals surface area (Å²) < 4.78 is 11.8. The second-order valence-corrected chi connectivity index (χ2v) is 5.51. The van der Waals surface area contributed by atoms with Crippen LogP contribution >= 0.6 is 0 Å². The van der Waals surface area contributed by atoms with Crippen molar-refractivity contribution in [2.45, 2.75) is 38.9 Å². The molecule has 1 saturated heterocycles. The van der Waals surface area contributed by atoms with Gasteiger partial charge in [-0.25, -0.2) is 4.85 Å². The quantitative estimate of drug-likeness (QED) is 0.467. The first-order valence-corrected chi connectivity index (χ1v) is 5.89. The van der Waals surface area contributed by atoms with Crippen LogP contribution in [0.3, 0.4) is 0 Å². The van der Waals surface area contributed by atoms with Crippen LogP contribution in [0, 0.1) is 6.57 Å². The van der Waals surface area contributed by atoms with Crippen LogP contribution in [0.5, 0.6) is 0 Å². The highest BCUT2D eigenvalue weighted by Gasteiger charge is 2.52. The fraction of sp³-hybridized carbons (Fsp3) is 0.462. The molecule has 0 aliphatic carbocycles. The van der Waals surface area contributed by atoms with Crippen LogP contribution < -0.4 is 11.2 Å². The second-order valence-electron chi connectivity index (χ2n) is 5.51. The van der Waals surface area contributed by atoms with Gasteiger partial charge in [-0.1, -0.05) is 12.1 Å². The van der Waals surface area contributed by atoms with Crippen molar-refractivity contribution >= 4 is 24.0 Å². The van der Waals surface area contributed by atoms with Gasteiger partial charge in [-0.3, -0.25) is 0 Å². The highest BCUT2D eigenvalue weighted by Crippen LogP contribution is 2.37. The number of hydrogen-bond donors (Lipinski definition) is 1. The Hall–Kier alpha value is -1.51. The van der Waals surface area contributed by atoms with E-state index in [0.717, 1.165) is 5.46 Å². The number of hydrogen-bond acceptors (Lipinski definition) is 3. The Kier molecular flexibility index (Phi) is 2.88. The van der Waals surface area contributed by atoms with Gasteiger partial charge >= 0.3 is 7.12 Å². The fourth-order valence-electron chi connectivity index (χ4n) is 1.82. The van der Waals surface area contributed by atoms with Crippen molar-refractivity contribution in [3.63, 3.8) is 0 Å². The number of nitrogen functional groups attached to an aromatic ring is 1. The first-order chi connectivity index (χ1) is 8.27. The Bertz CT molecular complexity index is 504. The first-order valence-electron chi connectivity index (χ1n) is 5.89. The maximum Gasteiger partial charge on any atom is 0.496 e. The Morgan fingerprint density at radius 1 is 1.17 bits per heavy atom. The van der Waals surface area contributed by atoms with E-state index >= 15 is 0 Å². The van der Waals surface area contributed by atoms with Crippen molar-refractivity contribution in [3.8, 4) is 0 Å². The topological polar surface area (TPSA) is 48.8 Å². The third-order valence-corrected chi connectivity index (χ3v) is 3.71. The van der Waals surface area contributed by atoms with Crippen LogP contribution in [0.25, 0.3) is 4.85 Å². The van der Waals surface area contributed by atoms with Gasteiger partial charge in [0.1, 0.15) is 0 Å². The van der Waals surface area contributed by atoms with Crippen LogP contribution in [-0.2, 0) is 9.31 Å². The van der Waals surface area contributed by atoms with E-state index in [4.69, 9.17) is 21.6 Å². The van der Waals surface area contributed by atoms with E-state index in [-0.39, 0.29) is 11.2 Å². The molecule has 18 heavy (non-hydrogen) atoms. The van der Waals surface area contributed by atoms with E-state index in [0.29, 0.717) is 11.4 Å². The minimum Gasteiger partial charge on any atom is -0.400 e. The number of anilines is 1. The van der Waals surface area contributed by atoms with E-state index in [1.165, 1.54) is 0 Å². The molecule has 1 heterocycles. The minimum absolute atomic E-state index is 0.386. The van der Waals surface area contributed by atoms with E-state index < -0.39 is 7.12 Å². The van der Waals surface area contributed by atoms with Crippen LogP contribution in [0.15, 0.2) is 18.2 Å². The summed E-state index contributed by atoms with van der Waals surface area (Å²) in [4.78, 5) is 3.34. The van der Waals surface area contributed by atoms with Crippen molar-refractivity contribution < 1.29 is 9.31 Å². The SMILES string of the molecule is [C-]#[N+]c1ccc(B2OC(C)(C)C(C)(C)O2)c(N)c1. The van der Waals surface area contributed by atoms with Gasteiger partial charge in [0.05, 0.1) is 17.8 Å². The third kappa shape index (κ3) is 1.98. The Labute approximate surface area is 108 Å². The molecule has 0 spiro atoms. The molecular weight excluding hydrogens is 227 g/mol. The van der Waals surface area contributed by atoms with Gasteiger partial charge in [0.2, 0.25) is 0 Å². The molecule has 0 amide bonds.